The summed E-state index contributed by atoms with van der Waals surface area (Å²) in [5, 5.41) is 0. The van der Waals surface area contributed by atoms with Crippen LogP contribution in [0, 0.1) is 5.82 Å². The molecule has 0 aliphatic carbocycles. The summed E-state index contributed by atoms with van der Waals surface area (Å²) in [6.07, 6.45) is 1.51. The number of esters is 1. The summed E-state index contributed by atoms with van der Waals surface area (Å²) < 4.78 is 18.0. The van der Waals surface area contributed by atoms with Crippen molar-refractivity contribution in [1.29, 1.82) is 0 Å². The zero-order valence-corrected chi connectivity index (χ0v) is 8.24. The predicted octanol–water partition coefficient (Wildman–Crippen LogP) is 1.96. The van der Waals surface area contributed by atoms with E-state index in [1.165, 1.54) is 30.5 Å². The number of hydrogen-bond acceptors (Lipinski definition) is 3. The van der Waals surface area contributed by atoms with Crippen molar-refractivity contribution in [2.24, 2.45) is 0 Å². The number of halogens is 1. The van der Waals surface area contributed by atoms with Crippen molar-refractivity contribution in [2.45, 2.75) is 0 Å². The number of H-pyrrole nitrogens is 1. The lowest BCUT2D eigenvalue weighted by molar-refractivity contribution is 0.0729. The third kappa shape index (κ3) is 1.88. The molecule has 0 aliphatic rings. The molecule has 5 heteroatoms. The van der Waals surface area contributed by atoms with Crippen LogP contribution >= 0.6 is 0 Å². The van der Waals surface area contributed by atoms with Crippen molar-refractivity contribution in [1.82, 2.24) is 4.98 Å². The van der Waals surface area contributed by atoms with Crippen molar-refractivity contribution in [3.05, 3.63) is 47.9 Å². The summed E-state index contributed by atoms with van der Waals surface area (Å²) in [6, 6.07) is 7.14. The van der Waals surface area contributed by atoms with Crippen LogP contribution in [-0.2, 0) is 0 Å². The summed E-state index contributed by atoms with van der Waals surface area (Å²) in [6.45, 7) is 0. The number of rotatable bonds is 2. The van der Waals surface area contributed by atoms with E-state index < -0.39 is 11.8 Å². The van der Waals surface area contributed by atoms with Gasteiger partial charge in [-0.2, -0.15) is 0 Å². The molecule has 4 nitrogen and oxygen atoms in total. The fourth-order valence-corrected chi connectivity index (χ4v) is 1.24. The van der Waals surface area contributed by atoms with Crippen LogP contribution in [0.2, 0.25) is 0 Å². The third-order valence-electron chi connectivity index (χ3n) is 2.04. The van der Waals surface area contributed by atoms with Crippen LogP contribution in [0.4, 0.5) is 10.2 Å². The zero-order valence-electron chi connectivity index (χ0n) is 8.24. The van der Waals surface area contributed by atoms with Gasteiger partial charge in [-0.25, -0.2) is 9.18 Å². The molecule has 2 aromatic rings. The van der Waals surface area contributed by atoms with E-state index in [1.54, 1.807) is 6.07 Å². The molecule has 0 bridgehead atoms. The second-order valence-corrected chi connectivity index (χ2v) is 3.12. The minimum atomic E-state index is -0.691. The molecule has 0 atom stereocenters. The first-order valence-electron chi connectivity index (χ1n) is 4.58. The Morgan fingerprint density at radius 3 is 2.69 bits per heavy atom. The Morgan fingerprint density at radius 1 is 1.31 bits per heavy atom. The van der Waals surface area contributed by atoms with E-state index in [4.69, 9.17) is 10.5 Å². The van der Waals surface area contributed by atoms with Crippen LogP contribution in [-0.4, -0.2) is 11.0 Å². The number of carbonyl (C=O) groups is 1. The second kappa shape index (κ2) is 4.06. The first-order valence-corrected chi connectivity index (χ1v) is 4.58. The number of nitrogens with two attached hydrogens (primary N) is 1. The van der Waals surface area contributed by atoms with Crippen molar-refractivity contribution in [3.8, 4) is 5.75 Å². The summed E-state index contributed by atoms with van der Waals surface area (Å²) in [7, 11) is 0. The minimum Gasteiger partial charge on any atom is -0.420 e. The summed E-state index contributed by atoms with van der Waals surface area (Å²) in [4.78, 5) is 14.2. The molecule has 0 amide bonds. The molecule has 0 radical (unpaired) electrons. The number of nitrogen functional groups attached to an aromatic ring is 1. The van der Waals surface area contributed by atoms with Gasteiger partial charge >= 0.3 is 5.97 Å². The normalized spacial score (nSPS) is 10.1. The molecule has 16 heavy (non-hydrogen) atoms. The Bertz CT molecular complexity index is 522. The van der Waals surface area contributed by atoms with Crippen LogP contribution < -0.4 is 10.5 Å². The highest BCUT2D eigenvalue weighted by Crippen LogP contribution is 2.18. The van der Waals surface area contributed by atoms with Gasteiger partial charge in [-0.05, 0) is 18.2 Å². The Labute approximate surface area is 90.8 Å². The molecule has 3 N–H and O–H groups in total. The molecule has 1 aromatic carbocycles. The van der Waals surface area contributed by atoms with Crippen molar-refractivity contribution >= 4 is 11.8 Å². The lowest BCUT2D eigenvalue weighted by Crippen LogP contribution is -2.10. The Kier molecular flexibility index (Phi) is 2.59. The van der Waals surface area contributed by atoms with Gasteiger partial charge in [0, 0.05) is 6.20 Å². The van der Waals surface area contributed by atoms with E-state index in [-0.39, 0.29) is 17.1 Å². The molecule has 0 aliphatic heterocycles. The van der Waals surface area contributed by atoms with Gasteiger partial charge in [-0.15, -0.1) is 0 Å². The number of hydrogen-bond donors (Lipinski definition) is 2. The first-order chi connectivity index (χ1) is 7.68. The van der Waals surface area contributed by atoms with Crippen LogP contribution in [0.3, 0.4) is 0 Å². The van der Waals surface area contributed by atoms with Crippen LogP contribution in [0.5, 0.6) is 5.75 Å². The highest BCUT2D eigenvalue weighted by atomic mass is 19.1. The number of carbonyl (C=O) groups excluding carboxylic acids is 1. The van der Waals surface area contributed by atoms with Crippen molar-refractivity contribution in [3.63, 3.8) is 0 Å². The van der Waals surface area contributed by atoms with Crippen LogP contribution in [0.15, 0.2) is 36.5 Å². The average molecular weight is 220 g/mol. The number of para-hydroxylation sites is 1. The largest absolute Gasteiger partial charge is 0.420 e. The van der Waals surface area contributed by atoms with Crippen molar-refractivity contribution in [2.75, 3.05) is 5.73 Å². The fraction of sp³-hybridized carbons (Fsp3) is 0. The van der Waals surface area contributed by atoms with Gasteiger partial charge in [0.1, 0.15) is 11.4 Å². The molecular weight excluding hydrogens is 211 g/mol. The molecule has 1 heterocycles. The molecule has 0 unspecified atom stereocenters. The maximum absolute atomic E-state index is 13.2. The molecule has 2 rings (SSSR count). The maximum Gasteiger partial charge on any atom is 0.347 e. The Hall–Kier alpha value is -2.30. The Balaban J connectivity index is 2.21. The second-order valence-electron chi connectivity index (χ2n) is 3.12. The topological polar surface area (TPSA) is 68.1 Å². The molecular formula is C11H9FN2O2. The van der Waals surface area contributed by atoms with E-state index in [0.29, 0.717) is 0 Å². The first kappa shape index (κ1) is 10.2. The molecule has 82 valence electrons. The van der Waals surface area contributed by atoms with Crippen LogP contribution in [0.25, 0.3) is 0 Å². The smallest absolute Gasteiger partial charge is 0.347 e. The van der Waals surface area contributed by atoms with Gasteiger partial charge in [0.05, 0.1) is 0 Å². The lowest BCUT2D eigenvalue weighted by atomic mass is 10.3. The standard InChI is InChI=1S/C11H9FN2O2/c12-8-3-1-2-4-9(8)16-11(15)7-5-6-14-10(7)13/h1-6,14H,13H2. The summed E-state index contributed by atoms with van der Waals surface area (Å²) >= 11 is 0. The van der Waals surface area contributed by atoms with Crippen molar-refractivity contribution < 1.29 is 13.9 Å². The zero-order chi connectivity index (χ0) is 11.5. The fourth-order valence-electron chi connectivity index (χ4n) is 1.24. The molecule has 1 aromatic heterocycles. The van der Waals surface area contributed by atoms with Gasteiger partial charge in [0.15, 0.2) is 11.6 Å². The average Bonchev–Trinajstić information content (AvgIpc) is 2.68. The van der Waals surface area contributed by atoms with Crippen LogP contribution in [0.1, 0.15) is 10.4 Å². The molecule has 0 saturated heterocycles. The minimum absolute atomic E-state index is 0.117. The Morgan fingerprint density at radius 2 is 2.06 bits per heavy atom. The highest BCUT2D eigenvalue weighted by molar-refractivity contribution is 5.95. The maximum atomic E-state index is 13.2. The molecule has 0 fully saturated rings. The quantitative estimate of drug-likeness (QED) is 0.600. The van der Waals surface area contributed by atoms with Gasteiger partial charge in [0.2, 0.25) is 0 Å². The molecule has 0 saturated carbocycles. The van der Waals surface area contributed by atoms with E-state index in [0.717, 1.165) is 0 Å². The van der Waals surface area contributed by atoms with E-state index in [2.05, 4.69) is 4.98 Å². The van der Waals surface area contributed by atoms with E-state index in [9.17, 15) is 9.18 Å². The molecule has 0 spiro atoms. The number of anilines is 1. The monoisotopic (exact) mass is 220 g/mol. The van der Waals surface area contributed by atoms with Gasteiger partial charge < -0.3 is 15.5 Å². The number of ether oxygens (including phenoxy) is 1. The van der Waals surface area contributed by atoms with E-state index >= 15 is 0 Å². The SMILES string of the molecule is Nc1[nH]ccc1C(=O)Oc1ccccc1F. The number of benzene rings is 1. The van der Waals surface area contributed by atoms with Gasteiger partial charge in [-0.1, -0.05) is 12.1 Å². The summed E-state index contributed by atoms with van der Waals surface area (Å²) in [5.74, 6) is -1.21. The lowest BCUT2D eigenvalue weighted by Gasteiger charge is -2.04. The summed E-state index contributed by atoms with van der Waals surface area (Å²) in [5.41, 5.74) is 5.67. The third-order valence-corrected chi connectivity index (χ3v) is 2.04. The van der Waals surface area contributed by atoms with Gasteiger partial charge in [0.25, 0.3) is 0 Å². The van der Waals surface area contributed by atoms with Gasteiger partial charge in [-0.3, -0.25) is 0 Å². The van der Waals surface area contributed by atoms with E-state index in [1.807, 2.05) is 0 Å². The number of aromatic amines is 1. The predicted molar refractivity (Wildman–Crippen MR) is 56.6 cm³/mol. The number of aromatic nitrogens is 1. The highest BCUT2D eigenvalue weighted by Gasteiger charge is 2.14. The number of nitrogens with one attached hydrogen (secondary N) is 1.